The Bertz CT molecular complexity index is 873. The zero-order valence-electron chi connectivity index (χ0n) is 15.5. The van der Waals surface area contributed by atoms with Crippen LogP contribution in [0.25, 0.3) is 0 Å². The van der Waals surface area contributed by atoms with Gasteiger partial charge in [-0.3, -0.25) is 4.79 Å². The predicted octanol–water partition coefficient (Wildman–Crippen LogP) is 1.19. The van der Waals surface area contributed by atoms with Gasteiger partial charge < -0.3 is 15.5 Å². The molecule has 8 heteroatoms. The Labute approximate surface area is 160 Å². The number of amidine groups is 1. The number of sulfonamides is 1. The van der Waals surface area contributed by atoms with Crippen LogP contribution >= 0.6 is 0 Å². The number of carbonyl (C=O) groups excluding carboxylic acids is 1. The van der Waals surface area contributed by atoms with Crippen LogP contribution in [-0.2, 0) is 14.8 Å². The molecule has 146 valence electrons. The lowest BCUT2D eigenvalue weighted by Gasteiger charge is -2.37. The lowest BCUT2D eigenvalue weighted by atomic mass is 9.90. The lowest BCUT2D eigenvalue weighted by Crippen LogP contribution is -2.51. The van der Waals surface area contributed by atoms with Crippen molar-refractivity contribution in [3.05, 3.63) is 29.8 Å². The molecule has 0 spiro atoms. The largest absolute Gasteiger partial charge is 0.343 e. The summed E-state index contributed by atoms with van der Waals surface area (Å²) < 4.78 is 28.8. The highest BCUT2D eigenvalue weighted by Gasteiger charge is 2.41. The standard InChI is InChI=1S/C19H26N4O3S/c1-13(20)14-8-11-22(12-9-14)19(24)16-6-4-10-23(16)18-15-5-2-3-7-17(15)27(25,26)21-18/h2-3,5,7,13-14,16H,4,6,8-12,20H2,1H3. The maximum atomic E-state index is 13.2. The van der Waals surface area contributed by atoms with Crippen LogP contribution in [0.15, 0.2) is 33.6 Å². The average molecular weight is 391 g/mol. The van der Waals surface area contributed by atoms with Crippen molar-refractivity contribution >= 4 is 21.8 Å². The van der Waals surface area contributed by atoms with Crippen molar-refractivity contribution in [2.45, 2.75) is 49.6 Å². The van der Waals surface area contributed by atoms with Crippen molar-refractivity contribution < 1.29 is 13.2 Å². The van der Waals surface area contributed by atoms with E-state index in [1.807, 2.05) is 16.7 Å². The number of hydrogen-bond donors (Lipinski definition) is 1. The molecule has 2 atom stereocenters. The molecule has 1 amide bonds. The molecule has 0 radical (unpaired) electrons. The summed E-state index contributed by atoms with van der Waals surface area (Å²) in [5, 5.41) is 0. The molecular weight excluding hydrogens is 364 g/mol. The Morgan fingerprint density at radius 3 is 2.59 bits per heavy atom. The third-order valence-electron chi connectivity index (χ3n) is 6.02. The van der Waals surface area contributed by atoms with Gasteiger partial charge >= 0.3 is 0 Å². The van der Waals surface area contributed by atoms with E-state index in [-0.39, 0.29) is 22.9 Å². The molecule has 1 aromatic rings. The van der Waals surface area contributed by atoms with E-state index < -0.39 is 10.0 Å². The minimum atomic E-state index is -3.68. The second-order valence-electron chi connectivity index (χ2n) is 7.76. The van der Waals surface area contributed by atoms with Crippen molar-refractivity contribution in [1.82, 2.24) is 9.80 Å². The van der Waals surface area contributed by atoms with Crippen molar-refractivity contribution in [2.24, 2.45) is 16.0 Å². The normalized spacial score (nSPS) is 26.0. The van der Waals surface area contributed by atoms with Crippen LogP contribution in [0.1, 0.15) is 38.2 Å². The highest BCUT2D eigenvalue weighted by molar-refractivity contribution is 7.90. The van der Waals surface area contributed by atoms with E-state index in [2.05, 4.69) is 4.40 Å². The number of likely N-dealkylation sites (tertiary alicyclic amines) is 2. The zero-order chi connectivity index (χ0) is 19.2. The summed E-state index contributed by atoms with van der Waals surface area (Å²) in [5.74, 6) is 0.969. The molecule has 1 aromatic carbocycles. The van der Waals surface area contributed by atoms with Gasteiger partial charge in [-0.25, -0.2) is 0 Å². The van der Waals surface area contributed by atoms with Crippen LogP contribution in [0.5, 0.6) is 0 Å². The summed E-state index contributed by atoms with van der Waals surface area (Å²) >= 11 is 0. The quantitative estimate of drug-likeness (QED) is 0.818. The van der Waals surface area contributed by atoms with Gasteiger partial charge in [0.15, 0.2) is 5.84 Å². The number of hydrogen-bond acceptors (Lipinski definition) is 5. The summed E-state index contributed by atoms with van der Waals surface area (Å²) in [7, 11) is -3.68. The molecule has 2 saturated heterocycles. The molecule has 0 aliphatic carbocycles. The average Bonchev–Trinajstić information content (AvgIpc) is 3.24. The van der Waals surface area contributed by atoms with Crippen LogP contribution in [0.4, 0.5) is 0 Å². The molecule has 4 rings (SSSR count). The Kier molecular flexibility index (Phi) is 4.71. The minimum Gasteiger partial charge on any atom is -0.343 e. The highest BCUT2D eigenvalue weighted by atomic mass is 32.2. The van der Waals surface area contributed by atoms with Gasteiger partial charge in [0.2, 0.25) is 5.91 Å². The van der Waals surface area contributed by atoms with Crippen molar-refractivity contribution in [3.8, 4) is 0 Å². The predicted molar refractivity (Wildman–Crippen MR) is 103 cm³/mol. The van der Waals surface area contributed by atoms with Gasteiger partial charge in [0.25, 0.3) is 10.0 Å². The third kappa shape index (κ3) is 3.25. The van der Waals surface area contributed by atoms with Crippen LogP contribution in [0.3, 0.4) is 0 Å². The molecule has 3 aliphatic heterocycles. The Morgan fingerprint density at radius 1 is 1.19 bits per heavy atom. The first kappa shape index (κ1) is 18.4. The number of piperidine rings is 1. The monoisotopic (exact) mass is 390 g/mol. The van der Waals surface area contributed by atoms with E-state index in [0.29, 0.717) is 23.9 Å². The fourth-order valence-electron chi connectivity index (χ4n) is 4.43. The smallest absolute Gasteiger partial charge is 0.285 e. The number of benzene rings is 1. The van der Waals surface area contributed by atoms with Gasteiger partial charge in [0.1, 0.15) is 10.9 Å². The first-order valence-electron chi connectivity index (χ1n) is 9.64. The fourth-order valence-corrected chi connectivity index (χ4v) is 5.65. The fraction of sp³-hybridized carbons (Fsp3) is 0.579. The summed E-state index contributed by atoms with van der Waals surface area (Å²) in [6, 6.07) is 6.67. The zero-order valence-corrected chi connectivity index (χ0v) is 16.4. The van der Waals surface area contributed by atoms with Crippen LogP contribution in [-0.4, -0.2) is 61.7 Å². The Balaban J connectivity index is 1.55. The summed E-state index contributed by atoms with van der Waals surface area (Å²) in [4.78, 5) is 17.2. The van der Waals surface area contributed by atoms with Gasteiger partial charge in [0, 0.05) is 31.2 Å². The number of rotatable bonds is 2. The number of amides is 1. The lowest BCUT2D eigenvalue weighted by molar-refractivity contribution is -0.136. The number of nitrogens with two attached hydrogens (primary N) is 1. The van der Waals surface area contributed by atoms with E-state index in [1.165, 1.54) is 0 Å². The molecule has 2 unspecified atom stereocenters. The highest BCUT2D eigenvalue weighted by Crippen LogP contribution is 2.32. The SMILES string of the molecule is CC(N)C1CCN(C(=O)C2CCCN2C2=NS(=O)(=O)c3ccccc32)CC1. The van der Waals surface area contributed by atoms with Gasteiger partial charge in [0.05, 0.1) is 0 Å². The maximum absolute atomic E-state index is 13.2. The molecular formula is C19H26N4O3S. The van der Waals surface area contributed by atoms with E-state index in [4.69, 9.17) is 5.73 Å². The molecule has 3 heterocycles. The van der Waals surface area contributed by atoms with Crippen LogP contribution in [0.2, 0.25) is 0 Å². The van der Waals surface area contributed by atoms with Crippen molar-refractivity contribution in [2.75, 3.05) is 19.6 Å². The summed E-state index contributed by atoms with van der Waals surface area (Å²) in [6.45, 7) is 4.11. The van der Waals surface area contributed by atoms with E-state index in [0.717, 1.165) is 38.8 Å². The molecule has 0 aromatic heterocycles. The van der Waals surface area contributed by atoms with Crippen molar-refractivity contribution in [1.29, 1.82) is 0 Å². The Morgan fingerprint density at radius 2 is 1.89 bits per heavy atom. The summed E-state index contributed by atoms with van der Waals surface area (Å²) in [6.07, 6.45) is 3.43. The van der Waals surface area contributed by atoms with E-state index in [1.54, 1.807) is 24.3 Å². The van der Waals surface area contributed by atoms with Crippen molar-refractivity contribution in [3.63, 3.8) is 0 Å². The third-order valence-corrected chi connectivity index (χ3v) is 7.34. The van der Waals surface area contributed by atoms with Crippen LogP contribution in [0, 0.1) is 5.92 Å². The first-order valence-corrected chi connectivity index (χ1v) is 11.1. The molecule has 3 aliphatic rings. The second-order valence-corrected chi connectivity index (χ2v) is 9.33. The molecule has 2 N–H and O–H groups in total. The van der Waals surface area contributed by atoms with E-state index in [9.17, 15) is 13.2 Å². The molecule has 0 bridgehead atoms. The number of nitrogens with zero attached hydrogens (tertiary/aromatic N) is 3. The minimum absolute atomic E-state index is 0.0834. The van der Waals surface area contributed by atoms with Gasteiger partial charge in [-0.15, -0.1) is 4.40 Å². The molecule has 0 saturated carbocycles. The molecule has 27 heavy (non-hydrogen) atoms. The Hall–Kier alpha value is -1.93. The van der Waals surface area contributed by atoms with Gasteiger partial charge in [-0.2, -0.15) is 8.42 Å². The number of fused-ring (bicyclic) bond motifs is 1. The second kappa shape index (κ2) is 6.91. The topological polar surface area (TPSA) is 96.1 Å². The van der Waals surface area contributed by atoms with Gasteiger partial charge in [-0.1, -0.05) is 12.1 Å². The molecule has 7 nitrogen and oxygen atoms in total. The van der Waals surface area contributed by atoms with E-state index >= 15 is 0 Å². The number of carbonyl (C=O) groups is 1. The van der Waals surface area contributed by atoms with Gasteiger partial charge in [-0.05, 0) is 50.7 Å². The molecule has 2 fully saturated rings. The van der Waals surface area contributed by atoms with Crippen LogP contribution < -0.4 is 5.73 Å². The summed E-state index contributed by atoms with van der Waals surface area (Å²) in [5.41, 5.74) is 6.61. The maximum Gasteiger partial charge on any atom is 0.285 e. The first-order chi connectivity index (χ1) is 12.9.